The highest BCUT2D eigenvalue weighted by atomic mass is 33.1. The van der Waals surface area contributed by atoms with Crippen LogP contribution in [0.3, 0.4) is 0 Å². The number of aliphatic imine (C=N–C) groups is 4. The van der Waals surface area contributed by atoms with Gasteiger partial charge in [-0.1, -0.05) is 49.3 Å². The van der Waals surface area contributed by atoms with E-state index in [1.54, 1.807) is 21.6 Å². The molecule has 0 aromatic rings. The van der Waals surface area contributed by atoms with Crippen LogP contribution < -0.4 is 0 Å². The Kier molecular flexibility index (Phi) is 11.4. The van der Waals surface area contributed by atoms with Crippen LogP contribution in [0.15, 0.2) is 20.0 Å². The van der Waals surface area contributed by atoms with Gasteiger partial charge in [0.15, 0.2) is 0 Å². The van der Waals surface area contributed by atoms with E-state index in [1.807, 2.05) is 20.8 Å². The molecular weight excluding hydrogens is 444 g/mol. The van der Waals surface area contributed by atoms with E-state index in [0.717, 1.165) is 34.9 Å². The average molecular weight is 485 g/mol. The predicted octanol–water partition coefficient (Wildman–Crippen LogP) is 4.95. The Morgan fingerprint density at radius 2 is 1.09 bits per heavy atom. The summed E-state index contributed by atoms with van der Waals surface area (Å²) in [5, 5.41) is 0. The highest BCUT2D eigenvalue weighted by molar-refractivity contribution is 8.76. The second kappa shape index (κ2) is 13.5. The lowest BCUT2D eigenvalue weighted by atomic mass is 10.0. The molecular formula is C23H40N4O3S2. The van der Waals surface area contributed by atoms with Gasteiger partial charge in [-0.25, -0.2) is 15.0 Å². The Balaban J connectivity index is 1.99. The van der Waals surface area contributed by atoms with Crippen molar-refractivity contribution < 1.29 is 14.2 Å². The van der Waals surface area contributed by atoms with Crippen molar-refractivity contribution in [3.63, 3.8) is 0 Å². The van der Waals surface area contributed by atoms with Crippen molar-refractivity contribution in [3.8, 4) is 0 Å². The standard InChI is InChI=1S/C23H40N4O3S2/c1-9-28-21-18(26-23(30-11-3)20(27-21)15(6)7)13-32-31-12-17-16(8)24-19(14(4)5)22(25-17)29-10-2/h14-15,17-20H,9-13H2,1-8H3/t17-,18-,19+,20+/m0/s1. The smallest absolute Gasteiger partial charge is 0.210 e. The van der Waals surface area contributed by atoms with E-state index < -0.39 is 0 Å². The monoisotopic (exact) mass is 484 g/mol. The summed E-state index contributed by atoms with van der Waals surface area (Å²) in [4.78, 5) is 19.5. The first-order chi connectivity index (χ1) is 15.3. The van der Waals surface area contributed by atoms with Crippen LogP contribution in [0.4, 0.5) is 0 Å². The zero-order valence-corrected chi connectivity index (χ0v) is 22.5. The summed E-state index contributed by atoms with van der Waals surface area (Å²) in [5.41, 5.74) is 1.07. The summed E-state index contributed by atoms with van der Waals surface area (Å²) in [6.07, 6.45) is 0. The van der Waals surface area contributed by atoms with Crippen molar-refractivity contribution in [2.45, 2.75) is 79.6 Å². The summed E-state index contributed by atoms with van der Waals surface area (Å²) in [5.74, 6) is 4.49. The van der Waals surface area contributed by atoms with Gasteiger partial charge in [0.1, 0.15) is 24.2 Å². The van der Waals surface area contributed by atoms with Crippen LogP contribution in [0.25, 0.3) is 0 Å². The molecule has 9 heteroatoms. The molecule has 0 saturated carbocycles. The van der Waals surface area contributed by atoms with Crippen LogP contribution in [-0.2, 0) is 14.2 Å². The molecule has 0 fully saturated rings. The fourth-order valence-electron chi connectivity index (χ4n) is 3.43. The molecule has 32 heavy (non-hydrogen) atoms. The molecule has 0 radical (unpaired) electrons. The van der Waals surface area contributed by atoms with Gasteiger partial charge in [-0.2, -0.15) is 0 Å². The molecule has 182 valence electrons. The van der Waals surface area contributed by atoms with E-state index in [9.17, 15) is 0 Å². The van der Waals surface area contributed by atoms with Crippen molar-refractivity contribution in [2.24, 2.45) is 31.8 Å². The zero-order chi connectivity index (χ0) is 23.7. The van der Waals surface area contributed by atoms with E-state index in [0.29, 0.717) is 31.7 Å². The van der Waals surface area contributed by atoms with E-state index in [4.69, 9.17) is 34.2 Å². The van der Waals surface area contributed by atoms with E-state index >= 15 is 0 Å². The first kappa shape index (κ1) is 27.0. The molecule has 2 rings (SSSR count). The molecule has 0 aromatic heterocycles. The molecule has 0 spiro atoms. The van der Waals surface area contributed by atoms with Crippen molar-refractivity contribution in [1.29, 1.82) is 0 Å². The third-order valence-corrected chi connectivity index (χ3v) is 7.51. The Labute approximate surface area is 201 Å². The normalized spacial score (nSPS) is 25.8. The second-order valence-corrected chi connectivity index (χ2v) is 11.0. The second-order valence-electron chi connectivity index (χ2n) is 8.45. The van der Waals surface area contributed by atoms with Crippen LogP contribution >= 0.6 is 21.6 Å². The zero-order valence-electron chi connectivity index (χ0n) is 20.8. The molecule has 2 heterocycles. The topological polar surface area (TPSA) is 77.1 Å². The molecule has 0 saturated heterocycles. The highest BCUT2D eigenvalue weighted by Crippen LogP contribution is 2.29. The Morgan fingerprint density at radius 3 is 1.59 bits per heavy atom. The maximum Gasteiger partial charge on any atom is 0.210 e. The van der Waals surface area contributed by atoms with Crippen LogP contribution in [0.1, 0.15) is 55.4 Å². The molecule has 0 N–H and O–H groups in total. The molecule has 0 aromatic carbocycles. The van der Waals surface area contributed by atoms with Crippen LogP contribution in [0.2, 0.25) is 0 Å². The van der Waals surface area contributed by atoms with Gasteiger partial charge in [-0.3, -0.25) is 4.99 Å². The summed E-state index contributed by atoms with van der Waals surface area (Å²) < 4.78 is 17.5. The Morgan fingerprint density at radius 1 is 0.656 bits per heavy atom. The van der Waals surface area contributed by atoms with E-state index in [-0.39, 0.29) is 24.2 Å². The van der Waals surface area contributed by atoms with Crippen molar-refractivity contribution in [2.75, 3.05) is 31.3 Å². The largest absolute Gasteiger partial charge is 0.480 e. The maximum atomic E-state index is 5.85. The summed E-state index contributed by atoms with van der Waals surface area (Å²) in [7, 11) is 3.55. The minimum atomic E-state index is -0.127. The fraction of sp³-hybridized carbons (Fsp3) is 0.826. The fourth-order valence-corrected chi connectivity index (χ4v) is 5.76. The molecule has 4 atom stereocenters. The molecule has 7 nitrogen and oxygen atoms in total. The van der Waals surface area contributed by atoms with Gasteiger partial charge in [0.2, 0.25) is 17.7 Å². The minimum absolute atomic E-state index is 0.0243. The molecule has 2 aliphatic heterocycles. The Hall–Kier alpha value is -1.22. The van der Waals surface area contributed by atoms with Gasteiger partial charge in [-0.15, -0.1) is 0 Å². The molecule has 2 aliphatic rings. The lowest BCUT2D eigenvalue weighted by molar-refractivity contribution is 0.278. The third kappa shape index (κ3) is 7.40. The molecule has 0 aliphatic carbocycles. The third-order valence-electron chi connectivity index (χ3n) is 5.12. The van der Waals surface area contributed by atoms with Crippen LogP contribution in [-0.4, -0.2) is 78.9 Å². The molecule has 0 amide bonds. The summed E-state index contributed by atoms with van der Waals surface area (Å²) in [6.45, 7) is 18.4. The van der Waals surface area contributed by atoms with Gasteiger partial charge >= 0.3 is 0 Å². The van der Waals surface area contributed by atoms with Gasteiger partial charge in [0, 0.05) is 17.2 Å². The number of ether oxygens (including phenoxy) is 3. The van der Waals surface area contributed by atoms with Crippen molar-refractivity contribution in [1.82, 2.24) is 0 Å². The molecule has 0 bridgehead atoms. The van der Waals surface area contributed by atoms with Crippen molar-refractivity contribution in [3.05, 3.63) is 0 Å². The Bertz CT molecular complexity index is 722. The number of hydrogen-bond acceptors (Lipinski definition) is 9. The van der Waals surface area contributed by atoms with E-state index in [2.05, 4.69) is 34.6 Å². The van der Waals surface area contributed by atoms with E-state index in [1.165, 1.54) is 0 Å². The lowest BCUT2D eigenvalue weighted by Crippen LogP contribution is -2.39. The maximum absolute atomic E-state index is 5.85. The number of nitrogens with zero attached hydrogens (tertiary/aromatic N) is 4. The van der Waals surface area contributed by atoms with Gasteiger partial charge in [0.25, 0.3) is 0 Å². The number of hydrogen-bond donors (Lipinski definition) is 0. The average Bonchev–Trinajstić information content (AvgIpc) is 2.74. The van der Waals surface area contributed by atoms with Crippen molar-refractivity contribution >= 4 is 45.0 Å². The lowest BCUT2D eigenvalue weighted by Gasteiger charge is -2.28. The van der Waals surface area contributed by atoms with Gasteiger partial charge in [-0.05, 0) is 39.5 Å². The molecule has 0 unspecified atom stereocenters. The summed E-state index contributed by atoms with van der Waals surface area (Å²) in [6, 6.07) is -0.135. The predicted molar refractivity (Wildman–Crippen MR) is 140 cm³/mol. The first-order valence-electron chi connectivity index (χ1n) is 11.7. The highest BCUT2D eigenvalue weighted by Gasteiger charge is 2.32. The van der Waals surface area contributed by atoms with Gasteiger partial charge in [0.05, 0.1) is 19.8 Å². The summed E-state index contributed by atoms with van der Waals surface area (Å²) >= 11 is 0. The van der Waals surface area contributed by atoms with Crippen LogP contribution in [0, 0.1) is 11.8 Å². The SMILES string of the molecule is CCOC1=N[C@H](C(C)C)C(OCC)=N[C@H]1CSSC[C@@H]1N=C(OCC)[C@@H](C(C)C)N=C1C. The minimum Gasteiger partial charge on any atom is -0.480 e. The first-order valence-corrected chi connectivity index (χ1v) is 14.2. The quantitative estimate of drug-likeness (QED) is 0.324. The number of rotatable bonds is 10. The van der Waals surface area contributed by atoms with Crippen LogP contribution in [0.5, 0.6) is 0 Å². The van der Waals surface area contributed by atoms with Gasteiger partial charge < -0.3 is 14.2 Å².